The van der Waals surface area contributed by atoms with Crippen LogP contribution in [0.3, 0.4) is 0 Å². The summed E-state index contributed by atoms with van der Waals surface area (Å²) in [6.45, 7) is 4.70. The third kappa shape index (κ3) is 3.17. The van der Waals surface area contributed by atoms with E-state index in [-0.39, 0.29) is 0 Å². The lowest BCUT2D eigenvalue weighted by Gasteiger charge is -2.11. The maximum Gasteiger partial charge on any atom is 0.239 e. The van der Waals surface area contributed by atoms with Crippen molar-refractivity contribution in [1.82, 2.24) is 15.0 Å². The minimum atomic E-state index is 0.393. The zero-order chi connectivity index (χ0) is 13.7. The van der Waals surface area contributed by atoms with Crippen LogP contribution in [0, 0.1) is 6.92 Å². The molecule has 0 bridgehead atoms. The van der Waals surface area contributed by atoms with Gasteiger partial charge in [0.05, 0.1) is 12.2 Å². The number of pyridine rings is 1. The maximum atomic E-state index is 5.31. The minimum absolute atomic E-state index is 0.393. The van der Waals surface area contributed by atoms with Crippen molar-refractivity contribution in [2.45, 2.75) is 26.8 Å². The van der Waals surface area contributed by atoms with Crippen molar-refractivity contribution in [3.05, 3.63) is 41.3 Å². The van der Waals surface area contributed by atoms with Crippen molar-refractivity contribution in [3.63, 3.8) is 0 Å². The molecule has 2 heterocycles. The van der Waals surface area contributed by atoms with Crippen LogP contribution in [0.4, 0.5) is 11.8 Å². The normalized spacial score (nSPS) is 10.3. The van der Waals surface area contributed by atoms with Gasteiger partial charge in [-0.05, 0) is 25.0 Å². The molecule has 0 fully saturated rings. The van der Waals surface area contributed by atoms with Crippen LogP contribution in [-0.2, 0) is 13.0 Å². The van der Waals surface area contributed by atoms with Crippen LogP contribution in [0.15, 0.2) is 24.5 Å². The standard InChI is InChI=1S/C13H18N6/c1-3-10-5-4-6-15-11(10)8-16-12-9(2)7-17-13(18-12)19-14/h4-7H,3,8,14H2,1-2H3,(H2,16,17,18,19). The minimum Gasteiger partial charge on any atom is -0.364 e. The highest BCUT2D eigenvalue weighted by Gasteiger charge is 2.05. The first kappa shape index (κ1) is 13.2. The number of aryl methyl sites for hydroxylation is 2. The van der Waals surface area contributed by atoms with Gasteiger partial charge < -0.3 is 5.32 Å². The number of hydrazine groups is 1. The van der Waals surface area contributed by atoms with Gasteiger partial charge in [0.1, 0.15) is 5.82 Å². The number of nitrogens with two attached hydrogens (primary N) is 1. The van der Waals surface area contributed by atoms with Gasteiger partial charge in [0, 0.05) is 18.0 Å². The highest BCUT2D eigenvalue weighted by atomic mass is 15.3. The van der Waals surface area contributed by atoms with Crippen molar-refractivity contribution in [2.24, 2.45) is 5.84 Å². The summed E-state index contributed by atoms with van der Waals surface area (Å²) < 4.78 is 0. The Morgan fingerprint density at radius 3 is 2.89 bits per heavy atom. The first-order valence-electron chi connectivity index (χ1n) is 6.21. The van der Waals surface area contributed by atoms with Gasteiger partial charge in [-0.2, -0.15) is 4.98 Å². The summed E-state index contributed by atoms with van der Waals surface area (Å²) in [4.78, 5) is 12.7. The van der Waals surface area contributed by atoms with Crippen molar-refractivity contribution in [3.8, 4) is 0 Å². The molecule has 2 aromatic rings. The van der Waals surface area contributed by atoms with E-state index in [1.54, 1.807) is 12.4 Å². The van der Waals surface area contributed by atoms with E-state index in [1.807, 2.05) is 13.0 Å². The molecule has 0 amide bonds. The molecule has 100 valence electrons. The van der Waals surface area contributed by atoms with E-state index < -0.39 is 0 Å². The van der Waals surface area contributed by atoms with E-state index in [0.29, 0.717) is 12.5 Å². The molecule has 19 heavy (non-hydrogen) atoms. The van der Waals surface area contributed by atoms with Crippen molar-refractivity contribution in [1.29, 1.82) is 0 Å². The van der Waals surface area contributed by atoms with Crippen LogP contribution in [0.2, 0.25) is 0 Å². The SMILES string of the molecule is CCc1cccnc1CNc1nc(NN)ncc1C. The Hall–Kier alpha value is -2.21. The highest BCUT2D eigenvalue weighted by Crippen LogP contribution is 2.14. The monoisotopic (exact) mass is 258 g/mol. The molecule has 2 aromatic heterocycles. The molecule has 6 nitrogen and oxygen atoms in total. The van der Waals surface area contributed by atoms with E-state index in [2.05, 4.69) is 38.7 Å². The molecule has 0 aromatic carbocycles. The van der Waals surface area contributed by atoms with Crippen LogP contribution in [0.5, 0.6) is 0 Å². The van der Waals surface area contributed by atoms with Gasteiger partial charge in [0.2, 0.25) is 5.95 Å². The maximum absolute atomic E-state index is 5.31. The largest absolute Gasteiger partial charge is 0.364 e. The number of nitrogens with zero attached hydrogens (tertiary/aromatic N) is 3. The lowest BCUT2D eigenvalue weighted by atomic mass is 10.1. The van der Waals surface area contributed by atoms with Gasteiger partial charge in [0.25, 0.3) is 0 Å². The van der Waals surface area contributed by atoms with Crippen LogP contribution >= 0.6 is 0 Å². The second-order valence-electron chi connectivity index (χ2n) is 4.19. The molecule has 0 aliphatic heterocycles. The molecule has 0 saturated carbocycles. The number of hydrogen-bond donors (Lipinski definition) is 3. The number of hydrogen-bond acceptors (Lipinski definition) is 6. The zero-order valence-electron chi connectivity index (χ0n) is 11.1. The van der Waals surface area contributed by atoms with E-state index in [1.165, 1.54) is 5.56 Å². The van der Waals surface area contributed by atoms with Gasteiger partial charge in [-0.1, -0.05) is 13.0 Å². The summed E-state index contributed by atoms with van der Waals surface area (Å²) in [6, 6.07) is 4.04. The molecule has 0 spiro atoms. The quantitative estimate of drug-likeness (QED) is 0.558. The second-order valence-corrected chi connectivity index (χ2v) is 4.19. The molecule has 0 radical (unpaired) electrons. The Labute approximate surface area is 112 Å². The lowest BCUT2D eigenvalue weighted by molar-refractivity contribution is 0.956. The fourth-order valence-corrected chi connectivity index (χ4v) is 1.81. The van der Waals surface area contributed by atoms with E-state index in [4.69, 9.17) is 5.84 Å². The van der Waals surface area contributed by atoms with Gasteiger partial charge in [-0.25, -0.2) is 10.8 Å². The lowest BCUT2D eigenvalue weighted by Crippen LogP contribution is -2.13. The predicted octanol–water partition coefficient (Wildman–Crippen LogP) is 1.64. The summed E-state index contributed by atoms with van der Waals surface area (Å²) in [5.41, 5.74) is 5.67. The third-order valence-corrected chi connectivity index (χ3v) is 2.89. The van der Waals surface area contributed by atoms with Gasteiger partial charge in [-0.3, -0.25) is 10.4 Å². The molecule has 0 unspecified atom stereocenters. The molecule has 6 heteroatoms. The number of nitrogens with one attached hydrogen (secondary N) is 2. The fourth-order valence-electron chi connectivity index (χ4n) is 1.81. The summed E-state index contributed by atoms with van der Waals surface area (Å²) >= 11 is 0. The molecule has 0 aliphatic carbocycles. The first-order valence-corrected chi connectivity index (χ1v) is 6.21. The number of nitrogen functional groups attached to an aromatic ring is 1. The Kier molecular flexibility index (Phi) is 4.25. The molecular formula is C13H18N6. The van der Waals surface area contributed by atoms with Gasteiger partial charge in [-0.15, -0.1) is 0 Å². The van der Waals surface area contributed by atoms with Crippen molar-refractivity contribution in [2.75, 3.05) is 10.7 Å². The van der Waals surface area contributed by atoms with Gasteiger partial charge in [0.15, 0.2) is 0 Å². The Bertz CT molecular complexity index is 555. The molecule has 0 saturated heterocycles. The Morgan fingerprint density at radius 2 is 2.16 bits per heavy atom. The number of aromatic nitrogens is 3. The number of anilines is 2. The smallest absolute Gasteiger partial charge is 0.239 e. The highest BCUT2D eigenvalue weighted by molar-refractivity contribution is 5.46. The molecule has 0 aliphatic rings. The Balaban J connectivity index is 2.14. The molecular weight excluding hydrogens is 240 g/mol. The summed E-state index contributed by atoms with van der Waals surface area (Å²) in [7, 11) is 0. The summed E-state index contributed by atoms with van der Waals surface area (Å²) in [5.74, 6) is 6.46. The average Bonchev–Trinajstić information content (AvgIpc) is 2.46. The topological polar surface area (TPSA) is 88.8 Å². The summed E-state index contributed by atoms with van der Waals surface area (Å²) in [6.07, 6.45) is 4.49. The van der Waals surface area contributed by atoms with Crippen LogP contribution in [0.1, 0.15) is 23.7 Å². The van der Waals surface area contributed by atoms with E-state index in [0.717, 1.165) is 23.5 Å². The molecule has 2 rings (SSSR count). The Morgan fingerprint density at radius 1 is 1.32 bits per heavy atom. The van der Waals surface area contributed by atoms with Crippen LogP contribution < -0.4 is 16.6 Å². The van der Waals surface area contributed by atoms with E-state index >= 15 is 0 Å². The van der Waals surface area contributed by atoms with Crippen molar-refractivity contribution < 1.29 is 0 Å². The fraction of sp³-hybridized carbons (Fsp3) is 0.308. The van der Waals surface area contributed by atoms with E-state index in [9.17, 15) is 0 Å². The van der Waals surface area contributed by atoms with Crippen LogP contribution in [0.25, 0.3) is 0 Å². The second kappa shape index (κ2) is 6.10. The first-order chi connectivity index (χ1) is 9.24. The average molecular weight is 258 g/mol. The predicted molar refractivity (Wildman–Crippen MR) is 75.5 cm³/mol. The molecule has 0 atom stereocenters. The summed E-state index contributed by atoms with van der Waals surface area (Å²) in [5, 5.41) is 3.27. The zero-order valence-corrected chi connectivity index (χ0v) is 11.1. The molecule has 4 N–H and O–H groups in total. The number of rotatable bonds is 5. The third-order valence-electron chi connectivity index (χ3n) is 2.89. The van der Waals surface area contributed by atoms with Crippen LogP contribution in [-0.4, -0.2) is 15.0 Å². The van der Waals surface area contributed by atoms with Crippen molar-refractivity contribution >= 4 is 11.8 Å². The van der Waals surface area contributed by atoms with Gasteiger partial charge >= 0.3 is 0 Å².